The van der Waals surface area contributed by atoms with E-state index >= 15 is 0 Å². The minimum absolute atomic E-state index is 0.0983. The summed E-state index contributed by atoms with van der Waals surface area (Å²) >= 11 is 0. The average Bonchev–Trinajstić information content (AvgIpc) is 2.81. The second-order valence-corrected chi connectivity index (χ2v) is 4.43. The molecule has 0 N–H and O–H groups in total. The van der Waals surface area contributed by atoms with Gasteiger partial charge in [-0.1, -0.05) is 0 Å². The summed E-state index contributed by atoms with van der Waals surface area (Å²) in [5.41, 5.74) is 0. The third kappa shape index (κ3) is 4.00. The quantitative estimate of drug-likeness (QED) is 0.658. The SMILES string of the molecule is CCOC(=O)C(C)N(C)CC(=O)N1CCCC1. The van der Waals surface area contributed by atoms with E-state index in [1.807, 2.05) is 4.90 Å². The molecule has 0 spiro atoms. The average molecular weight is 242 g/mol. The molecular formula is C12H22N2O3. The highest BCUT2D eigenvalue weighted by Gasteiger charge is 2.24. The van der Waals surface area contributed by atoms with E-state index in [-0.39, 0.29) is 24.5 Å². The van der Waals surface area contributed by atoms with Crippen LogP contribution in [0.4, 0.5) is 0 Å². The zero-order valence-electron chi connectivity index (χ0n) is 10.9. The van der Waals surface area contributed by atoms with Crippen molar-refractivity contribution in [3.8, 4) is 0 Å². The van der Waals surface area contributed by atoms with Gasteiger partial charge in [-0.05, 0) is 33.7 Å². The van der Waals surface area contributed by atoms with Crippen LogP contribution in [-0.2, 0) is 14.3 Å². The third-order valence-corrected chi connectivity index (χ3v) is 3.13. The van der Waals surface area contributed by atoms with Gasteiger partial charge in [-0.3, -0.25) is 14.5 Å². The Morgan fingerprint density at radius 2 is 1.94 bits per heavy atom. The normalized spacial score (nSPS) is 17.3. The number of hydrogen-bond donors (Lipinski definition) is 0. The Morgan fingerprint density at radius 1 is 1.35 bits per heavy atom. The van der Waals surface area contributed by atoms with Gasteiger partial charge in [0.2, 0.25) is 5.91 Å². The van der Waals surface area contributed by atoms with Crippen LogP contribution >= 0.6 is 0 Å². The predicted octanol–water partition coefficient (Wildman–Crippen LogP) is 0.492. The van der Waals surface area contributed by atoms with Crippen molar-refractivity contribution >= 4 is 11.9 Å². The van der Waals surface area contributed by atoms with Gasteiger partial charge < -0.3 is 9.64 Å². The molecule has 0 aromatic carbocycles. The summed E-state index contributed by atoms with van der Waals surface area (Å²) in [5, 5.41) is 0. The first kappa shape index (κ1) is 14.0. The van der Waals surface area contributed by atoms with Crippen LogP contribution < -0.4 is 0 Å². The van der Waals surface area contributed by atoms with Gasteiger partial charge in [0.05, 0.1) is 13.2 Å². The molecule has 5 nitrogen and oxygen atoms in total. The number of likely N-dealkylation sites (tertiary alicyclic amines) is 1. The molecule has 1 atom stereocenters. The van der Waals surface area contributed by atoms with Gasteiger partial charge in [-0.15, -0.1) is 0 Å². The third-order valence-electron chi connectivity index (χ3n) is 3.13. The van der Waals surface area contributed by atoms with E-state index in [1.54, 1.807) is 25.8 Å². The van der Waals surface area contributed by atoms with E-state index in [0.29, 0.717) is 6.61 Å². The van der Waals surface area contributed by atoms with Crippen LogP contribution in [-0.4, -0.2) is 61.0 Å². The molecule has 1 unspecified atom stereocenters. The number of hydrogen-bond acceptors (Lipinski definition) is 4. The summed E-state index contributed by atoms with van der Waals surface area (Å²) in [7, 11) is 1.77. The second kappa shape index (κ2) is 6.59. The summed E-state index contributed by atoms with van der Waals surface area (Å²) in [4.78, 5) is 27.0. The lowest BCUT2D eigenvalue weighted by molar-refractivity contribution is -0.149. The fraction of sp³-hybridized carbons (Fsp3) is 0.833. The maximum Gasteiger partial charge on any atom is 0.323 e. The van der Waals surface area contributed by atoms with Crippen LogP contribution in [0.25, 0.3) is 0 Å². The highest BCUT2D eigenvalue weighted by molar-refractivity contribution is 5.80. The molecule has 5 heteroatoms. The molecule has 1 saturated heterocycles. The molecule has 0 saturated carbocycles. The predicted molar refractivity (Wildman–Crippen MR) is 64.5 cm³/mol. The van der Waals surface area contributed by atoms with Gasteiger partial charge in [-0.25, -0.2) is 0 Å². The molecular weight excluding hydrogens is 220 g/mol. The fourth-order valence-electron chi connectivity index (χ4n) is 1.86. The summed E-state index contributed by atoms with van der Waals surface area (Å²) in [5.74, 6) is -0.176. The van der Waals surface area contributed by atoms with Crippen molar-refractivity contribution in [3.05, 3.63) is 0 Å². The van der Waals surface area contributed by atoms with Crippen molar-refractivity contribution in [1.29, 1.82) is 0 Å². The number of nitrogens with zero attached hydrogens (tertiary/aromatic N) is 2. The number of rotatable bonds is 5. The summed E-state index contributed by atoms with van der Waals surface area (Å²) in [6.45, 7) is 5.88. The maximum atomic E-state index is 11.9. The van der Waals surface area contributed by atoms with Crippen LogP contribution in [0.2, 0.25) is 0 Å². The molecule has 0 bridgehead atoms. The Labute approximate surface area is 103 Å². The maximum absolute atomic E-state index is 11.9. The molecule has 0 aromatic heterocycles. The molecule has 0 radical (unpaired) electrons. The first-order chi connectivity index (χ1) is 8.06. The van der Waals surface area contributed by atoms with Crippen molar-refractivity contribution < 1.29 is 14.3 Å². The lowest BCUT2D eigenvalue weighted by Crippen LogP contribution is -2.44. The topological polar surface area (TPSA) is 49.9 Å². The van der Waals surface area contributed by atoms with Gasteiger partial charge in [0.25, 0.3) is 0 Å². The molecule has 1 rings (SSSR count). The highest BCUT2D eigenvalue weighted by atomic mass is 16.5. The van der Waals surface area contributed by atoms with Crippen molar-refractivity contribution in [2.45, 2.75) is 32.7 Å². The Bertz CT molecular complexity index is 275. The van der Waals surface area contributed by atoms with Crippen molar-refractivity contribution in [1.82, 2.24) is 9.80 Å². The summed E-state index contributed by atoms with van der Waals surface area (Å²) in [6.07, 6.45) is 2.17. The second-order valence-electron chi connectivity index (χ2n) is 4.43. The van der Waals surface area contributed by atoms with E-state index in [0.717, 1.165) is 25.9 Å². The van der Waals surface area contributed by atoms with Crippen LogP contribution in [0.15, 0.2) is 0 Å². The number of carbonyl (C=O) groups is 2. The van der Waals surface area contributed by atoms with Crippen molar-refractivity contribution in [3.63, 3.8) is 0 Å². The monoisotopic (exact) mass is 242 g/mol. The standard InChI is InChI=1S/C12H22N2O3/c1-4-17-12(16)10(2)13(3)9-11(15)14-7-5-6-8-14/h10H,4-9H2,1-3H3. The first-order valence-corrected chi connectivity index (χ1v) is 6.21. The van der Waals surface area contributed by atoms with E-state index in [9.17, 15) is 9.59 Å². The number of esters is 1. The van der Waals surface area contributed by atoms with Gasteiger partial charge in [-0.2, -0.15) is 0 Å². The number of likely N-dealkylation sites (N-methyl/N-ethyl adjacent to an activating group) is 1. The van der Waals surface area contributed by atoms with Crippen LogP contribution in [0.3, 0.4) is 0 Å². The Kier molecular flexibility index (Phi) is 5.41. The minimum Gasteiger partial charge on any atom is -0.465 e. The summed E-state index contributed by atoms with van der Waals surface area (Å²) < 4.78 is 4.93. The van der Waals surface area contributed by atoms with Gasteiger partial charge in [0, 0.05) is 13.1 Å². The zero-order chi connectivity index (χ0) is 12.8. The van der Waals surface area contributed by atoms with Gasteiger partial charge in [0.15, 0.2) is 0 Å². The fourth-order valence-corrected chi connectivity index (χ4v) is 1.86. The Balaban J connectivity index is 2.39. The molecule has 0 aromatic rings. The molecule has 17 heavy (non-hydrogen) atoms. The molecule has 1 fully saturated rings. The van der Waals surface area contributed by atoms with Crippen LogP contribution in [0.5, 0.6) is 0 Å². The number of amides is 1. The van der Waals surface area contributed by atoms with E-state index in [4.69, 9.17) is 4.74 Å². The molecule has 98 valence electrons. The molecule has 1 aliphatic heterocycles. The first-order valence-electron chi connectivity index (χ1n) is 6.21. The van der Waals surface area contributed by atoms with Gasteiger partial charge >= 0.3 is 5.97 Å². The highest BCUT2D eigenvalue weighted by Crippen LogP contribution is 2.08. The molecule has 1 heterocycles. The van der Waals surface area contributed by atoms with Crippen molar-refractivity contribution in [2.24, 2.45) is 0 Å². The van der Waals surface area contributed by atoms with Crippen molar-refractivity contribution in [2.75, 3.05) is 33.3 Å². The molecule has 1 aliphatic rings. The Hall–Kier alpha value is -1.10. The lowest BCUT2D eigenvalue weighted by atomic mass is 10.3. The number of ether oxygens (including phenoxy) is 1. The summed E-state index contributed by atoms with van der Waals surface area (Å²) in [6, 6.07) is -0.374. The van der Waals surface area contributed by atoms with E-state index in [1.165, 1.54) is 0 Å². The minimum atomic E-state index is -0.374. The largest absolute Gasteiger partial charge is 0.465 e. The molecule has 0 aliphatic carbocycles. The Morgan fingerprint density at radius 3 is 2.47 bits per heavy atom. The van der Waals surface area contributed by atoms with E-state index < -0.39 is 0 Å². The smallest absolute Gasteiger partial charge is 0.323 e. The lowest BCUT2D eigenvalue weighted by Gasteiger charge is -2.25. The molecule has 1 amide bonds. The van der Waals surface area contributed by atoms with Crippen LogP contribution in [0, 0.1) is 0 Å². The van der Waals surface area contributed by atoms with Gasteiger partial charge in [0.1, 0.15) is 6.04 Å². The zero-order valence-corrected chi connectivity index (χ0v) is 10.9. The number of carbonyl (C=O) groups excluding carboxylic acids is 2. The van der Waals surface area contributed by atoms with E-state index in [2.05, 4.69) is 0 Å². The van der Waals surface area contributed by atoms with Crippen LogP contribution in [0.1, 0.15) is 26.7 Å².